The summed E-state index contributed by atoms with van der Waals surface area (Å²) in [5, 5.41) is 14.0. The SMILES string of the molecule is Cc1c(C(=O)Nc2cc3c4c(c2)CCC(=O)N4CCC3)cccc1[N+](=O)[O-]. The number of rotatable bonds is 3. The Morgan fingerprint density at radius 2 is 1.93 bits per heavy atom. The van der Waals surface area contributed by atoms with E-state index in [1.54, 1.807) is 13.0 Å². The van der Waals surface area contributed by atoms with Crippen molar-refractivity contribution in [3.05, 3.63) is 62.7 Å². The number of nitrogens with one attached hydrogen (secondary N) is 1. The predicted molar refractivity (Wildman–Crippen MR) is 101 cm³/mol. The van der Waals surface area contributed by atoms with Crippen molar-refractivity contribution in [3.63, 3.8) is 0 Å². The maximum Gasteiger partial charge on any atom is 0.273 e. The van der Waals surface area contributed by atoms with Gasteiger partial charge in [0.25, 0.3) is 11.6 Å². The summed E-state index contributed by atoms with van der Waals surface area (Å²) in [6.07, 6.45) is 2.91. The van der Waals surface area contributed by atoms with Crippen molar-refractivity contribution in [2.24, 2.45) is 0 Å². The van der Waals surface area contributed by atoms with Crippen molar-refractivity contribution in [2.75, 3.05) is 16.8 Å². The molecule has 4 rings (SSSR count). The van der Waals surface area contributed by atoms with E-state index < -0.39 is 4.92 Å². The van der Waals surface area contributed by atoms with E-state index in [4.69, 9.17) is 0 Å². The van der Waals surface area contributed by atoms with Gasteiger partial charge in [-0.3, -0.25) is 19.7 Å². The summed E-state index contributed by atoms with van der Waals surface area (Å²) >= 11 is 0. The molecule has 27 heavy (non-hydrogen) atoms. The lowest BCUT2D eigenvalue weighted by atomic mass is 9.91. The molecule has 2 heterocycles. The van der Waals surface area contributed by atoms with E-state index in [0.717, 1.165) is 36.2 Å². The number of hydrogen-bond acceptors (Lipinski definition) is 4. The van der Waals surface area contributed by atoms with Crippen LogP contribution >= 0.6 is 0 Å². The monoisotopic (exact) mass is 365 g/mol. The molecule has 0 fully saturated rings. The number of benzene rings is 2. The van der Waals surface area contributed by atoms with E-state index in [-0.39, 0.29) is 23.1 Å². The molecule has 2 amide bonds. The third-order valence-electron chi connectivity index (χ3n) is 5.28. The molecule has 0 saturated carbocycles. The molecule has 0 atom stereocenters. The minimum atomic E-state index is -0.485. The van der Waals surface area contributed by atoms with E-state index in [0.29, 0.717) is 24.1 Å². The zero-order chi connectivity index (χ0) is 19.1. The smallest absolute Gasteiger partial charge is 0.273 e. The lowest BCUT2D eigenvalue weighted by Gasteiger charge is -2.35. The van der Waals surface area contributed by atoms with Crippen molar-refractivity contribution in [1.29, 1.82) is 0 Å². The molecule has 2 aromatic carbocycles. The Kier molecular flexibility index (Phi) is 4.14. The fraction of sp³-hybridized carbons (Fsp3) is 0.300. The minimum Gasteiger partial charge on any atom is -0.322 e. The van der Waals surface area contributed by atoms with Crippen LogP contribution in [0.3, 0.4) is 0 Å². The molecule has 7 nitrogen and oxygen atoms in total. The van der Waals surface area contributed by atoms with Crippen LogP contribution in [0.25, 0.3) is 0 Å². The fourth-order valence-electron chi connectivity index (χ4n) is 3.99. The molecule has 1 N–H and O–H groups in total. The molecule has 0 aromatic heterocycles. The third-order valence-corrected chi connectivity index (χ3v) is 5.28. The van der Waals surface area contributed by atoms with Gasteiger partial charge in [-0.2, -0.15) is 0 Å². The molecule has 0 aliphatic carbocycles. The van der Waals surface area contributed by atoms with Crippen LogP contribution in [-0.4, -0.2) is 23.3 Å². The number of amides is 2. The summed E-state index contributed by atoms with van der Waals surface area (Å²) < 4.78 is 0. The van der Waals surface area contributed by atoms with Crippen molar-refractivity contribution < 1.29 is 14.5 Å². The number of hydrogen-bond donors (Lipinski definition) is 1. The highest BCUT2D eigenvalue weighted by molar-refractivity contribution is 6.06. The van der Waals surface area contributed by atoms with Gasteiger partial charge in [0.2, 0.25) is 5.91 Å². The zero-order valence-corrected chi connectivity index (χ0v) is 14.9. The summed E-state index contributed by atoms with van der Waals surface area (Å²) in [5.41, 5.74) is 4.36. The molecule has 2 aliphatic heterocycles. The highest BCUT2D eigenvalue weighted by Gasteiger charge is 2.30. The van der Waals surface area contributed by atoms with Crippen LogP contribution in [0.15, 0.2) is 30.3 Å². The quantitative estimate of drug-likeness (QED) is 0.667. The molecule has 0 spiro atoms. The number of nitrogens with zero attached hydrogens (tertiary/aromatic N) is 2. The van der Waals surface area contributed by atoms with Gasteiger partial charge in [-0.15, -0.1) is 0 Å². The van der Waals surface area contributed by atoms with Gasteiger partial charge < -0.3 is 10.2 Å². The van der Waals surface area contributed by atoms with Crippen LogP contribution in [0.5, 0.6) is 0 Å². The summed E-state index contributed by atoms with van der Waals surface area (Å²) in [6.45, 7) is 2.32. The van der Waals surface area contributed by atoms with Gasteiger partial charge in [0.1, 0.15) is 0 Å². The molecule has 0 radical (unpaired) electrons. The van der Waals surface area contributed by atoms with E-state index >= 15 is 0 Å². The third kappa shape index (κ3) is 2.95. The van der Waals surface area contributed by atoms with Gasteiger partial charge in [-0.1, -0.05) is 6.07 Å². The summed E-state index contributed by atoms with van der Waals surface area (Å²) in [6, 6.07) is 8.31. The van der Waals surface area contributed by atoms with Crippen molar-refractivity contribution >= 4 is 28.9 Å². The first-order valence-corrected chi connectivity index (χ1v) is 8.97. The highest BCUT2D eigenvalue weighted by Crippen LogP contribution is 2.38. The number of carbonyl (C=O) groups excluding carboxylic acids is 2. The number of carbonyl (C=O) groups is 2. The summed E-state index contributed by atoms with van der Waals surface area (Å²) in [4.78, 5) is 37.3. The van der Waals surface area contributed by atoms with Crippen molar-refractivity contribution in [2.45, 2.75) is 32.6 Å². The van der Waals surface area contributed by atoms with E-state index in [1.165, 1.54) is 12.1 Å². The van der Waals surface area contributed by atoms with Gasteiger partial charge in [-0.05, 0) is 55.5 Å². The van der Waals surface area contributed by atoms with Crippen LogP contribution in [0.1, 0.15) is 39.9 Å². The number of aryl methyl sites for hydroxylation is 2. The molecule has 0 bridgehead atoms. The highest BCUT2D eigenvalue weighted by atomic mass is 16.6. The second-order valence-electron chi connectivity index (χ2n) is 6.95. The second-order valence-corrected chi connectivity index (χ2v) is 6.95. The fourth-order valence-corrected chi connectivity index (χ4v) is 3.99. The lowest BCUT2D eigenvalue weighted by Crippen LogP contribution is -2.39. The summed E-state index contributed by atoms with van der Waals surface area (Å²) in [7, 11) is 0. The molecule has 138 valence electrons. The Balaban J connectivity index is 1.67. The maximum absolute atomic E-state index is 12.7. The van der Waals surface area contributed by atoms with Crippen LogP contribution in [0.4, 0.5) is 17.1 Å². The average molecular weight is 365 g/mol. The first-order chi connectivity index (χ1) is 13.0. The van der Waals surface area contributed by atoms with Gasteiger partial charge in [0.05, 0.1) is 10.6 Å². The largest absolute Gasteiger partial charge is 0.322 e. The Morgan fingerprint density at radius 3 is 2.67 bits per heavy atom. The second kappa shape index (κ2) is 6.50. The Hall–Kier alpha value is -3.22. The van der Waals surface area contributed by atoms with E-state index in [1.807, 2.05) is 17.0 Å². The van der Waals surface area contributed by atoms with Gasteiger partial charge in [-0.25, -0.2) is 0 Å². The standard InChI is InChI=1S/C20H19N3O4/c1-12-16(5-2-6-17(12)23(26)27)20(25)21-15-10-13-4-3-9-22-18(24)8-7-14(11-15)19(13)22/h2,5-6,10-11H,3-4,7-9H2,1H3,(H,21,25). The molecule has 7 heteroatoms. The zero-order valence-electron chi connectivity index (χ0n) is 14.9. The van der Waals surface area contributed by atoms with Crippen LogP contribution < -0.4 is 10.2 Å². The van der Waals surface area contributed by atoms with Crippen LogP contribution in [0.2, 0.25) is 0 Å². The molecule has 0 unspecified atom stereocenters. The van der Waals surface area contributed by atoms with E-state index in [2.05, 4.69) is 5.32 Å². The van der Waals surface area contributed by atoms with Gasteiger partial charge >= 0.3 is 0 Å². The lowest BCUT2D eigenvalue weighted by molar-refractivity contribution is -0.385. The number of nitro benzene ring substituents is 1. The Morgan fingerprint density at radius 1 is 1.19 bits per heavy atom. The minimum absolute atomic E-state index is 0.0719. The van der Waals surface area contributed by atoms with Crippen LogP contribution in [-0.2, 0) is 17.6 Å². The molecule has 0 saturated heterocycles. The van der Waals surface area contributed by atoms with E-state index in [9.17, 15) is 19.7 Å². The number of nitro groups is 1. The molecule has 2 aromatic rings. The topological polar surface area (TPSA) is 92.6 Å². The van der Waals surface area contributed by atoms with Crippen molar-refractivity contribution in [3.8, 4) is 0 Å². The number of anilines is 2. The first kappa shape index (κ1) is 17.2. The first-order valence-electron chi connectivity index (χ1n) is 8.97. The van der Waals surface area contributed by atoms with Crippen LogP contribution in [0, 0.1) is 17.0 Å². The van der Waals surface area contributed by atoms with Gasteiger partial charge in [0.15, 0.2) is 0 Å². The Labute approximate surface area is 156 Å². The van der Waals surface area contributed by atoms with Crippen molar-refractivity contribution in [1.82, 2.24) is 0 Å². The molecular formula is C20H19N3O4. The van der Waals surface area contributed by atoms with Gasteiger partial charge in [0, 0.05) is 35.8 Å². The Bertz CT molecular complexity index is 966. The molecule has 2 aliphatic rings. The maximum atomic E-state index is 12.7. The average Bonchev–Trinajstić information content (AvgIpc) is 2.64. The summed E-state index contributed by atoms with van der Waals surface area (Å²) in [5.74, 6) is -0.213. The predicted octanol–water partition coefficient (Wildman–Crippen LogP) is 3.38. The molecular weight excluding hydrogens is 346 g/mol. The normalized spacial score (nSPS) is 15.3.